The summed E-state index contributed by atoms with van der Waals surface area (Å²) in [4.78, 5) is 13.8. The summed E-state index contributed by atoms with van der Waals surface area (Å²) in [6.45, 7) is 5.65. The van der Waals surface area contributed by atoms with Gasteiger partial charge >= 0.3 is 24.7 Å². The Labute approximate surface area is 329 Å². The maximum absolute atomic E-state index is 14.5. The van der Waals surface area contributed by atoms with E-state index in [0.29, 0.717) is 5.57 Å². The normalized spacial score (nSPS) is 21.8. The average molecular weight is 882 g/mol. The molecule has 57 heavy (non-hydrogen) atoms. The van der Waals surface area contributed by atoms with Gasteiger partial charge in [0.05, 0.1) is 34.2 Å². The first kappa shape index (κ1) is 44.8. The number of nitro groups is 1. The minimum atomic E-state index is -5.49. The van der Waals surface area contributed by atoms with Gasteiger partial charge in [-0.05, 0) is 118 Å². The number of hydrogen-bond donors (Lipinski definition) is 0. The molecule has 4 atom stereocenters. The summed E-state index contributed by atoms with van der Waals surface area (Å²) in [5.74, 6) is -1.01. The molecule has 0 N–H and O–H groups in total. The summed E-state index contributed by atoms with van der Waals surface area (Å²) in [5.41, 5.74) is -11.8. The summed E-state index contributed by atoms with van der Waals surface area (Å²) in [6, 6.07) is 0.0145. The van der Waals surface area contributed by atoms with Gasteiger partial charge in [0.1, 0.15) is 5.60 Å². The number of alkyl halides is 12. The fourth-order valence-electron chi connectivity index (χ4n) is 7.96. The Morgan fingerprint density at radius 2 is 1.18 bits per heavy atom. The minimum Gasteiger partial charge on any atom is -0.403 e. The SMILES string of the molecule is CC1=C[C@H](N2CCC[C@H]2C(O[Si](C)(C)C)(c2cc(C(F)(F)F)cc(C(F)(F)F)c2)c2cc(C(F)(F)F)cc(C(F)(F)F)c2)[C@@H]([N+](=O)[O-])[C@H](c2ccc(Cl)cc2Cl)C1. The van der Waals surface area contributed by atoms with E-state index in [2.05, 4.69) is 0 Å². The van der Waals surface area contributed by atoms with Crippen LogP contribution in [0.15, 0.2) is 66.2 Å². The van der Waals surface area contributed by atoms with Crippen LogP contribution in [-0.4, -0.2) is 42.8 Å². The molecule has 312 valence electrons. The van der Waals surface area contributed by atoms with Crippen molar-refractivity contribution in [2.75, 3.05) is 6.54 Å². The molecule has 0 amide bonds. The zero-order valence-corrected chi connectivity index (χ0v) is 32.8. The highest BCUT2D eigenvalue weighted by atomic mass is 35.5. The summed E-state index contributed by atoms with van der Waals surface area (Å²) in [7, 11) is -3.52. The van der Waals surface area contributed by atoms with E-state index in [1.54, 1.807) is 6.92 Å². The molecule has 20 heteroatoms. The fourth-order valence-corrected chi connectivity index (χ4v) is 9.85. The first-order valence-corrected chi connectivity index (χ1v) is 21.4. The molecule has 5 rings (SSSR count). The van der Waals surface area contributed by atoms with Crippen molar-refractivity contribution in [1.29, 1.82) is 0 Å². The number of rotatable bonds is 8. The van der Waals surface area contributed by atoms with Gasteiger partial charge in [-0.1, -0.05) is 40.9 Å². The summed E-state index contributed by atoms with van der Waals surface area (Å²) in [5, 5.41) is 13.3. The molecule has 1 aliphatic carbocycles. The van der Waals surface area contributed by atoms with Crippen LogP contribution in [0.1, 0.15) is 71.0 Å². The molecular formula is C37H34Cl2F12N2O3Si. The van der Waals surface area contributed by atoms with E-state index in [0.717, 1.165) is 0 Å². The number of halogens is 14. The van der Waals surface area contributed by atoms with Crippen LogP contribution >= 0.6 is 23.2 Å². The highest BCUT2D eigenvalue weighted by molar-refractivity contribution is 6.69. The van der Waals surface area contributed by atoms with E-state index < -0.39 is 101 Å². The van der Waals surface area contributed by atoms with Crippen molar-refractivity contribution >= 4 is 31.5 Å². The zero-order valence-electron chi connectivity index (χ0n) is 30.3. The van der Waals surface area contributed by atoms with E-state index in [-0.39, 0.29) is 77.8 Å². The molecule has 2 aliphatic rings. The quantitative estimate of drug-likeness (QED) is 0.0744. The van der Waals surface area contributed by atoms with Crippen molar-refractivity contribution in [2.24, 2.45) is 0 Å². The lowest BCUT2D eigenvalue weighted by atomic mass is 9.74. The standard InChI is InChI=1S/C37H34Cl2F12N2O3Si/c1-19-10-28(27-8-7-26(38)18-29(27)39)32(53(54)55)30(11-19)52-9-5-6-31(52)33(56-57(2,3)4,20-12-22(34(40,41)42)16-23(13-20)35(43,44)45)21-14-24(36(46,47)48)17-25(15-21)37(49,50)51/h7-8,11-18,28,30-32H,5-6,9-10H2,1-4H3/t28-,30-,31-,32-/m0/s1. The molecular weight excluding hydrogens is 847 g/mol. The lowest BCUT2D eigenvalue weighted by molar-refractivity contribution is -0.533. The van der Waals surface area contributed by atoms with E-state index in [1.165, 1.54) is 48.8 Å². The topological polar surface area (TPSA) is 55.6 Å². The van der Waals surface area contributed by atoms with E-state index >= 15 is 0 Å². The molecule has 0 unspecified atom stereocenters. The van der Waals surface area contributed by atoms with Crippen molar-refractivity contribution in [2.45, 2.75) is 100 Å². The molecule has 3 aromatic rings. The molecule has 0 saturated carbocycles. The van der Waals surface area contributed by atoms with Gasteiger partial charge in [0, 0.05) is 21.0 Å². The Kier molecular flexibility index (Phi) is 12.1. The van der Waals surface area contributed by atoms with E-state index in [1.807, 2.05) is 0 Å². The van der Waals surface area contributed by atoms with Gasteiger partial charge in [-0.15, -0.1) is 0 Å². The second-order valence-corrected chi connectivity index (χ2v) is 20.5. The fraction of sp³-hybridized carbons (Fsp3) is 0.459. The molecule has 5 nitrogen and oxygen atoms in total. The van der Waals surface area contributed by atoms with Gasteiger partial charge in [-0.2, -0.15) is 52.7 Å². The van der Waals surface area contributed by atoms with Crippen LogP contribution in [0, 0.1) is 10.1 Å². The van der Waals surface area contributed by atoms with Gasteiger partial charge in [0.25, 0.3) is 0 Å². The third-order valence-electron chi connectivity index (χ3n) is 10.0. The summed E-state index contributed by atoms with van der Waals surface area (Å²) >= 11 is 12.6. The van der Waals surface area contributed by atoms with Crippen LogP contribution in [0.5, 0.6) is 0 Å². The second kappa shape index (κ2) is 15.4. The minimum absolute atomic E-state index is 0.0117. The third kappa shape index (κ3) is 9.45. The van der Waals surface area contributed by atoms with Crippen LogP contribution in [-0.2, 0) is 34.7 Å². The summed E-state index contributed by atoms with van der Waals surface area (Å²) in [6.07, 6.45) is -20.7. The smallest absolute Gasteiger partial charge is 0.403 e. The highest BCUT2D eigenvalue weighted by Crippen LogP contribution is 2.52. The van der Waals surface area contributed by atoms with E-state index in [9.17, 15) is 62.8 Å². The molecule has 1 aliphatic heterocycles. The summed E-state index contributed by atoms with van der Waals surface area (Å²) < 4.78 is 180. The maximum Gasteiger partial charge on any atom is 0.416 e. The molecule has 0 spiro atoms. The van der Waals surface area contributed by atoms with Crippen LogP contribution in [0.4, 0.5) is 52.7 Å². The van der Waals surface area contributed by atoms with Crippen LogP contribution < -0.4 is 0 Å². The largest absolute Gasteiger partial charge is 0.416 e. The van der Waals surface area contributed by atoms with Gasteiger partial charge in [-0.25, -0.2) is 0 Å². The Morgan fingerprint density at radius 1 is 0.737 bits per heavy atom. The first-order valence-electron chi connectivity index (χ1n) is 17.2. The Morgan fingerprint density at radius 3 is 1.56 bits per heavy atom. The van der Waals surface area contributed by atoms with E-state index in [4.69, 9.17) is 27.6 Å². The van der Waals surface area contributed by atoms with Crippen molar-refractivity contribution in [3.63, 3.8) is 0 Å². The number of hydrogen-bond acceptors (Lipinski definition) is 4. The molecule has 0 radical (unpaired) electrons. The Hall–Kier alpha value is -3.32. The second-order valence-electron chi connectivity index (χ2n) is 15.2. The van der Waals surface area contributed by atoms with Crippen LogP contribution in [0.25, 0.3) is 0 Å². The maximum atomic E-state index is 14.5. The average Bonchev–Trinajstić information content (AvgIpc) is 3.55. The molecule has 3 aromatic carbocycles. The number of likely N-dealkylation sites (tertiary alicyclic amines) is 1. The predicted molar refractivity (Wildman–Crippen MR) is 190 cm³/mol. The molecule has 0 bridgehead atoms. The zero-order chi connectivity index (χ0) is 42.8. The number of nitrogens with zero attached hydrogens (tertiary/aromatic N) is 2. The third-order valence-corrected chi connectivity index (χ3v) is 11.5. The van der Waals surface area contributed by atoms with Crippen molar-refractivity contribution in [1.82, 2.24) is 4.90 Å². The van der Waals surface area contributed by atoms with Crippen molar-refractivity contribution < 1.29 is 62.0 Å². The highest BCUT2D eigenvalue weighted by Gasteiger charge is 2.57. The molecule has 0 aromatic heterocycles. The van der Waals surface area contributed by atoms with Crippen LogP contribution in [0.3, 0.4) is 0 Å². The van der Waals surface area contributed by atoms with Crippen LogP contribution in [0.2, 0.25) is 29.7 Å². The van der Waals surface area contributed by atoms with Gasteiger partial charge in [0.15, 0.2) is 8.32 Å². The van der Waals surface area contributed by atoms with Crippen molar-refractivity contribution in [3.8, 4) is 0 Å². The predicted octanol–water partition coefficient (Wildman–Crippen LogP) is 12.8. The van der Waals surface area contributed by atoms with Gasteiger partial charge in [0.2, 0.25) is 6.04 Å². The lowest BCUT2D eigenvalue weighted by Crippen LogP contribution is -2.60. The molecule has 1 fully saturated rings. The lowest BCUT2D eigenvalue weighted by Gasteiger charge is -2.50. The monoisotopic (exact) mass is 880 g/mol. The number of benzene rings is 3. The van der Waals surface area contributed by atoms with Gasteiger partial charge < -0.3 is 4.43 Å². The molecule has 1 heterocycles. The number of allylic oxidation sites excluding steroid dienone is 1. The van der Waals surface area contributed by atoms with Crippen molar-refractivity contribution in [3.05, 3.63) is 125 Å². The Balaban J connectivity index is 1.93. The Bertz CT molecular complexity index is 1900. The first-order chi connectivity index (χ1) is 25.9. The molecule has 1 saturated heterocycles. The van der Waals surface area contributed by atoms with Gasteiger partial charge in [-0.3, -0.25) is 15.0 Å².